The standard InChI is InChI=1S/C22H20N4O3/c1-15-6-8-17(9-7-15)29-19-5-3-2-4-16(19)10-11-23-21(27)18-14-25-26-13-12-24-22(28)20(18)26/h2-9,12-14H,10-11H2,1H3,(H,23,27)(H,24,28). The van der Waals surface area contributed by atoms with Crippen LogP contribution in [0.2, 0.25) is 0 Å². The first-order valence-electron chi connectivity index (χ1n) is 9.27. The van der Waals surface area contributed by atoms with Gasteiger partial charge >= 0.3 is 0 Å². The topological polar surface area (TPSA) is 88.5 Å². The fourth-order valence-electron chi connectivity index (χ4n) is 3.07. The number of fused-ring (bicyclic) bond motifs is 1. The average molecular weight is 388 g/mol. The fraction of sp³-hybridized carbons (Fsp3) is 0.136. The van der Waals surface area contributed by atoms with Crippen molar-refractivity contribution in [2.24, 2.45) is 0 Å². The lowest BCUT2D eigenvalue weighted by Crippen LogP contribution is -2.26. The summed E-state index contributed by atoms with van der Waals surface area (Å²) < 4.78 is 7.38. The number of nitrogens with zero attached hydrogens (tertiary/aromatic N) is 2. The molecular formula is C22H20N4O3. The second-order valence-corrected chi connectivity index (χ2v) is 6.67. The molecular weight excluding hydrogens is 368 g/mol. The Kier molecular flexibility index (Phi) is 5.11. The number of nitrogens with one attached hydrogen (secondary N) is 2. The lowest BCUT2D eigenvalue weighted by Gasteiger charge is -2.12. The summed E-state index contributed by atoms with van der Waals surface area (Å²) in [7, 11) is 0. The second kappa shape index (κ2) is 8.02. The van der Waals surface area contributed by atoms with Gasteiger partial charge in [-0.25, -0.2) is 4.52 Å². The number of para-hydroxylation sites is 1. The molecule has 0 radical (unpaired) electrons. The van der Waals surface area contributed by atoms with Crippen LogP contribution in [0.15, 0.2) is 71.9 Å². The smallest absolute Gasteiger partial charge is 0.274 e. The molecule has 0 atom stereocenters. The van der Waals surface area contributed by atoms with Crippen molar-refractivity contribution in [2.45, 2.75) is 13.3 Å². The maximum absolute atomic E-state index is 12.5. The Hall–Kier alpha value is -3.87. The van der Waals surface area contributed by atoms with E-state index in [0.29, 0.717) is 13.0 Å². The normalized spacial score (nSPS) is 10.8. The summed E-state index contributed by atoms with van der Waals surface area (Å²) in [5.74, 6) is 1.17. The van der Waals surface area contributed by atoms with Crippen LogP contribution in [-0.4, -0.2) is 27.0 Å². The zero-order chi connectivity index (χ0) is 20.2. The van der Waals surface area contributed by atoms with Crippen LogP contribution >= 0.6 is 0 Å². The molecule has 7 heteroatoms. The minimum Gasteiger partial charge on any atom is -0.457 e. The highest BCUT2D eigenvalue weighted by Gasteiger charge is 2.15. The van der Waals surface area contributed by atoms with Crippen LogP contribution in [0.4, 0.5) is 0 Å². The zero-order valence-corrected chi connectivity index (χ0v) is 15.9. The largest absolute Gasteiger partial charge is 0.457 e. The van der Waals surface area contributed by atoms with E-state index in [-0.39, 0.29) is 22.5 Å². The number of aryl methyl sites for hydroxylation is 1. The van der Waals surface area contributed by atoms with E-state index in [0.717, 1.165) is 17.1 Å². The summed E-state index contributed by atoms with van der Waals surface area (Å²) in [5, 5.41) is 6.90. The van der Waals surface area contributed by atoms with Gasteiger partial charge in [-0.3, -0.25) is 9.59 Å². The van der Waals surface area contributed by atoms with Gasteiger partial charge in [-0.2, -0.15) is 5.10 Å². The van der Waals surface area contributed by atoms with Crippen molar-refractivity contribution in [3.63, 3.8) is 0 Å². The van der Waals surface area contributed by atoms with Crippen LogP contribution in [0.1, 0.15) is 21.5 Å². The monoisotopic (exact) mass is 388 g/mol. The van der Waals surface area contributed by atoms with Crippen molar-refractivity contribution in [1.82, 2.24) is 19.9 Å². The third-order valence-corrected chi connectivity index (χ3v) is 4.59. The molecule has 0 aliphatic heterocycles. The van der Waals surface area contributed by atoms with E-state index in [4.69, 9.17) is 4.74 Å². The number of amides is 1. The van der Waals surface area contributed by atoms with Gasteiger partial charge in [0.2, 0.25) is 0 Å². The molecule has 146 valence electrons. The van der Waals surface area contributed by atoms with E-state index >= 15 is 0 Å². The molecule has 0 bridgehead atoms. The molecule has 0 aliphatic carbocycles. The van der Waals surface area contributed by atoms with Crippen molar-refractivity contribution < 1.29 is 9.53 Å². The molecule has 2 heterocycles. The first-order chi connectivity index (χ1) is 14.1. The van der Waals surface area contributed by atoms with E-state index in [1.165, 1.54) is 22.5 Å². The molecule has 7 nitrogen and oxygen atoms in total. The van der Waals surface area contributed by atoms with Crippen molar-refractivity contribution >= 4 is 11.4 Å². The summed E-state index contributed by atoms with van der Waals surface area (Å²) in [6, 6.07) is 15.6. The van der Waals surface area contributed by atoms with E-state index < -0.39 is 0 Å². The average Bonchev–Trinajstić information content (AvgIpc) is 3.17. The molecule has 1 amide bonds. The number of hydrogen-bond donors (Lipinski definition) is 2. The van der Waals surface area contributed by atoms with Gasteiger partial charge in [0, 0.05) is 18.9 Å². The molecule has 0 saturated heterocycles. The predicted molar refractivity (Wildman–Crippen MR) is 110 cm³/mol. The van der Waals surface area contributed by atoms with Gasteiger partial charge in [0.05, 0.1) is 11.8 Å². The van der Waals surface area contributed by atoms with Gasteiger partial charge in [0.1, 0.15) is 17.0 Å². The van der Waals surface area contributed by atoms with Gasteiger partial charge in [0.25, 0.3) is 11.5 Å². The molecule has 0 saturated carbocycles. The number of rotatable bonds is 6. The maximum atomic E-state index is 12.5. The van der Waals surface area contributed by atoms with Crippen LogP contribution in [0.5, 0.6) is 11.5 Å². The second-order valence-electron chi connectivity index (χ2n) is 6.67. The predicted octanol–water partition coefficient (Wildman–Crippen LogP) is 3.10. The van der Waals surface area contributed by atoms with Crippen LogP contribution in [0, 0.1) is 6.92 Å². The minimum atomic E-state index is -0.355. The minimum absolute atomic E-state index is 0.230. The summed E-state index contributed by atoms with van der Waals surface area (Å²) in [6.45, 7) is 2.42. The maximum Gasteiger partial charge on any atom is 0.274 e. The number of ether oxygens (including phenoxy) is 1. The fourth-order valence-corrected chi connectivity index (χ4v) is 3.07. The Labute approximate surface area is 167 Å². The van der Waals surface area contributed by atoms with Gasteiger partial charge in [-0.1, -0.05) is 35.9 Å². The van der Waals surface area contributed by atoms with Gasteiger partial charge in [-0.05, 0) is 37.1 Å². The molecule has 4 rings (SSSR count). The van der Waals surface area contributed by atoms with Crippen LogP contribution in [-0.2, 0) is 6.42 Å². The van der Waals surface area contributed by atoms with E-state index in [1.54, 1.807) is 6.20 Å². The van der Waals surface area contributed by atoms with Crippen LogP contribution in [0.3, 0.4) is 0 Å². The van der Waals surface area contributed by atoms with Gasteiger partial charge < -0.3 is 15.0 Å². The molecule has 0 fully saturated rings. The third-order valence-electron chi connectivity index (χ3n) is 4.59. The molecule has 0 spiro atoms. The Morgan fingerprint density at radius 2 is 1.97 bits per heavy atom. The Morgan fingerprint density at radius 1 is 1.17 bits per heavy atom. The molecule has 2 aromatic heterocycles. The molecule has 4 aromatic rings. The number of hydrogen-bond acceptors (Lipinski definition) is 4. The summed E-state index contributed by atoms with van der Waals surface area (Å²) in [4.78, 5) is 27.1. The number of carbonyl (C=O) groups is 1. The SMILES string of the molecule is Cc1ccc(Oc2ccccc2CCNC(=O)c2cnn3cc[nH]c(=O)c23)cc1. The van der Waals surface area contributed by atoms with Crippen molar-refractivity contribution in [1.29, 1.82) is 0 Å². The molecule has 0 unspecified atom stereocenters. The van der Waals surface area contributed by atoms with Gasteiger partial charge in [0.15, 0.2) is 0 Å². The number of H-pyrrole nitrogens is 1. The quantitative estimate of drug-likeness (QED) is 0.531. The van der Waals surface area contributed by atoms with Crippen LogP contribution < -0.4 is 15.6 Å². The molecule has 2 N–H and O–H groups in total. The lowest BCUT2D eigenvalue weighted by atomic mass is 10.1. The molecule has 2 aromatic carbocycles. The first-order valence-corrected chi connectivity index (χ1v) is 9.27. The van der Waals surface area contributed by atoms with Crippen molar-refractivity contribution in [3.8, 4) is 11.5 Å². The summed E-state index contributed by atoms with van der Waals surface area (Å²) in [5.41, 5.74) is 2.27. The Bertz CT molecular complexity index is 1210. The Morgan fingerprint density at radius 3 is 2.79 bits per heavy atom. The van der Waals surface area contributed by atoms with E-state index in [1.807, 2.05) is 55.5 Å². The van der Waals surface area contributed by atoms with Crippen molar-refractivity contribution in [2.75, 3.05) is 6.54 Å². The van der Waals surface area contributed by atoms with Crippen LogP contribution in [0.25, 0.3) is 5.52 Å². The number of aromatic nitrogens is 3. The highest BCUT2D eigenvalue weighted by Crippen LogP contribution is 2.25. The Balaban J connectivity index is 1.43. The van der Waals surface area contributed by atoms with Crippen molar-refractivity contribution in [3.05, 3.63) is 94.2 Å². The van der Waals surface area contributed by atoms with E-state index in [2.05, 4.69) is 15.4 Å². The van der Waals surface area contributed by atoms with Gasteiger partial charge in [-0.15, -0.1) is 0 Å². The third kappa shape index (κ3) is 4.03. The van der Waals surface area contributed by atoms with E-state index in [9.17, 15) is 9.59 Å². The number of carbonyl (C=O) groups excluding carboxylic acids is 1. The first kappa shape index (κ1) is 18.5. The number of benzene rings is 2. The summed E-state index contributed by atoms with van der Waals surface area (Å²) in [6.07, 6.45) is 5.05. The molecule has 29 heavy (non-hydrogen) atoms. The lowest BCUT2D eigenvalue weighted by molar-refractivity contribution is 0.0955. The number of aromatic amines is 1. The molecule has 0 aliphatic rings. The highest BCUT2D eigenvalue weighted by atomic mass is 16.5. The zero-order valence-electron chi connectivity index (χ0n) is 15.9. The highest BCUT2D eigenvalue weighted by molar-refractivity contribution is 6.00. The summed E-state index contributed by atoms with van der Waals surface area (Å²) >= 11 is 0.